The topological polar surface area (TPSA) is 152 Å². The van der Waals surface area contributed by atoms with E-state index >= 15 is 0 Å². The van der Waals surface area contributed by atoms with E-state index in [-0.39, 0.29) is 12.5 Å². The van der Waals surface area contributed by atoms with Crippen LogP contribution in [0.3, 0.4) is 0 Å². The van der Waals surface area contributed by atoms with Crippen molar-refractivity contribution in [1.82, 2.24) is 10.6 Å². The summed E-state index contributed by atoms with van der Waals surface area (Å²) in [4.78, 5) is 45.6. The summed E-state index contributed by atoms with van der Waals surface area (Å²) in [5, 5.41) is 13.9. The van der Waals surface area contributed by atoms with E-state index in [1.807, 2.05) is 92.6 Å². The van der Waals surface area contributed by atoms with Gasteiger partial charge in [0.25, 0.3) is 0 Å². The first kappa shape index (κ1) is 40.6. The van der Waals surface area contributed by atoms with E-state index in [0.717, 1.165) is 5.56 Å². The number of nitrogens with one attached hydrogen (secondary N) is 2. The van der Waals surface area contributed by atoms with Gasteiger partial charge in [0.2, 0.25) is 0 Å². The third-order valence-corrected chi connectivity index (χ3v) is 5.66. The Labute approximate surface area is 263 Å². The highest BCUT2D eigenvalue weighted by atomic mass is 16.6. The van der Waals surface area contributed by atoms with E-state index in [1.165, 1.54) is 0 Å². The molecule has 0 aliphatic heterocycles. The molecule has 2 amide bonds. The average Bonchev–Trinajstić information content (AvgIpc) is 2.85. The Morgan fingerprint density at radius 1 is 0.750 bits per heavy atom. The van der Waals surface area contributed by atoms with Gasteiger partial charge in [0, 0.05) is 32.4 Å². The molecule has 0 atom stereocenters. The lowest BCUT2D eigenvalue weighted by Crippen LogP contribution is -2.56. The standard InChI is InChI=1S/C31H53N3O7.CH2O2/c1-29(2,3)39-26(35)23-34(19-13-17-32-27(36)40-30(4,5)6,20-14-18-33-28(37)41-31(7,8)9)21-22-38-24-25-15-11-10-12-16-25;2-1-3/h10-12,15-16H,13-14,17-24H2,1-9H3,(H-,32,33,36,37);1H,(H,2,3). The molecule has 0 radical (unpaired) electrons. The van der Waals surface area contributed by atoms with Gasteiger partial charge in [0.05, 0.1) is 26.3 Å². The molecule has 0 spiro atoms. The van der Waals surface area contributed by atoms with Crippen LogP contribution >= 0.6 is 0 Å². The van der Waals surface area contributed by atoms with E-state index in [9.17, 15) is 14.4 Å². The molecule has 0 saturated heterocycles. The second-order valence-corrected chi connectivity index (χ2v) is 13.5. The number of hydrogen-bond donors (Lipinski definition) is 2. The van der Waals surface area contributed by atoms with Crippen molar-refractivity contribution in [2.75, 3.05) is 45.9 Å². The first-order valence-corrected chi connectivity index (χ1v) is 15.0. The lowest BCUT2D eigenvalue weighted by molar-refractivity contribution is -0.922. The molecule has 12 heteroatoms. The number of ether oxygens (including phenoxy) is 4. The first-order chi connectivity index (χ1) is 20.3. The van der Waals surface area contributed by atoms with Gasteiger partial charge in [-0.05, 0) is 67.9 Å². The monoisotopic (exact) mass is 625 g/mol. The minimum absolute atomic E-state index is 0.144. The summed E-state index contributed by atoms with van der Waals surface area (Å²) in [6.45, 7) is 19.5. The lowest BCUT2D eigenvalue weighted by atomic mass is 10.2. The van der Waals surface area contributed by atoms with Crippen LogP contribution in [0.25, 0.3) is 0 Å². The molecule has 44 heavy (non-hydrogen) atoms. The van der Waals surface area contributed by atoms with Crippen LogP contribution < -0.4 is 15.7 Å². The first-order valence-electron chi connectivity index (χ1n) is 15.0. The molecular weight excluding hydrogens is 570 g/mol. The summed E-state index contributed by atoms with van der Waals surface area (Å²) in [6.07, 6.45) is 0.270. The Morgan fingerprint density at radius 3 is 1.59 bits per heavy atom. The van der Waals surface area contributed by atoms with Gasteiger partial charge in [0.15, 0.2) is 6.54 Å². The SMILES string of the molecule is CC(C)(C)OC(=O)C[N+](CCCNC(=O)OC(C)(C)C)(CCCNC(=O)OC(C)(C)C)CCOCc1ccccc1.O=C[O-]. The molecule has 1 aromatic rings. The fourth-order valence-corrected chi connectivity index (χ4v) is 4.08. The molecule has 0 aliphatic rings. The lowest BCUT2D eigenvalue weighted by Gasteiger charge is -2.38. The van der Waals surface area contributed by atoms with Crippen molar-refractivity contribution in [3.05, 3.63) is 35.9 Å². The number of quaternary nitrogens is 1. The zero-order valence-corrected chi connectivity index (χ0v) is 28.2. The number of alkyl carbamates (subject to hydrolysis) is 2. The summed E-state index contributed by atoms with van der Waals surface area (Å²) in [5.74, 6) is -0.305. The highest BCUT2D eigenvalue weighted by Crippen LogP contribution is 2.15. The Hall–Kier alpha value is -3.38. The van der Waals surface area contributed by atoms with Gasteiger partial charge < -0.3 is 44.0 Å². The Morgan fingerprint density at radius 2 is 1.18 bits per heavy atom. The zero-order chi connectivity index (χ0) is 33.9. The fourth-order valence-electron chi connectivity index (χ4n) is 4.08. The van der Waals surface area contributed by atoms with Gasteiger partial charge in [-0.1, -0.05) is 30.3 Å². The summed E-state index contributed by atoms with van der Waals surface area (Å²) >= 11 is 0. The molecule has 0 aromatic heterocycles. The smallest absolute Gasteiger partial charge is 0.407 e. The van der Waals surface area contributed by atoms with Gasteiger partial charge >= 0.3 is 18.2 Å². The number of hydrogen-bond acceptors (Lipinski definition) is 9. The predicted octanol–water partition coefficient (Wildman–Crippen LogP) is 3.56. The van der Waals surface area contributed by atoms with Crippen LogP contribution in [-0.2, 0) is 35.1 Å². The average molecular weight is 626 g/mol. The third-order valence-electron chi connectivity index (χ3n) is 5.66. The van der Waals surface area contributed by atoms with E-state index in [0.29, 0.717) is 63.3 Å². The normalized spacial score (nSPS) is 11.8. The fraction of sp³-hybridized carbons (Fsp3) is 0.688. The van der Waals surface area contributed by atoms with Crippen LogP contribution in [0.5, 0.6) is 0 Å². The Bertz CT molecular complexity index is 945. The van der Waals surface area contributed by atoms with Crippen LogP contribution in [0, 0.1) is 0 Å². The maximum absolute atomic E-state index is 13.1. The predicted molar refractivity (Wildman–Crippen MR) is 165 cm³/mol. The number of benzene rings is 1. The molecule has 2 N–H and O–H groups in total. The number of nitrogens with zero attached hydrogens (tertiary/aromatic N) is 1. The number of esters is 1. The van der Waals surface area contributed by atoms with Crippen molar-refractivity contribution in [2.45, 2.75) is 98.6 Å². The van der Waals surface area contributed by atoms with E-state index < -0.39 is 35.5 Å². The van der Waals surface area contributed by atoms with Crippen molar-refractivity contribution in [2.24, 2.45) is 0 Å². The molecule has 0 bridgehead atoms. The summed E-state index contributed by atoms with van der Waals surface area (Å²) in [7, 11) is 0. The van der Waals surface area contributed by atoms with Gasteiger partial charge in [-0.15, -0.1) is 0 Å². The maximum Gasteiger partial charge on any atom is 0.407 e. The number of amides is 2. The largest absolute Gasteiger partial charge is 0.554 e. The number of carbonyl (C=O) groups is 4. The summed E-state index contributed by atoms with van der Waals surface area (Å²) < 4.78 is 22.8. The highest BCUT2D eigenvalue weighted by Gasteiger charge is 2.33. The quantitative estimate of drug-likeness (QED) is 0.0980. The van der Waals surface area contributed by atoms with E-state index in [2.05, 4.69) is 10.6 Å². The van der Waals surface area contributed by atoms with Crippen LogP contribution in [0.15, 0.2) is 30.3 Å². The molecule has 0 saturated carbocycles. The van der Waals surface area contributed by atoms with Gasteiger partial charge in [-0.3, -0.25) is 0 Å². The van der Waals surface area contributed by atoms with Crippen LogP contribution in [0.1, 0.15) is 80.7 Å². The second kappa shape index (κ2) is 19.8. The minimum Gasteiger partial charge on any atom is -0.554 e. The molecule has 1 rings (SSSR count). The minimum atomic E-state index is -0.618. The Kier molecular flexibility index (Phi) is 18.3. The molecule has 0 aliphatic carbocycles. The molecule has 252 valence electrons. The number of carbonyl (C=O) groups excluding carboxylic acids is 4. The van der Waals surface area contributed by atoms with Crippen molar-refractivity contribution < 1.29 is 47.7 Å². The van der Waals surface area contributed by atoms with Gasteiger partial charge in [-0.2, -0.15) is 0 Å². The number of carboxylic acid groups (broad SMARTS) is 1. The summed E-state index contributed by atoms with van der Waals surface area (Å²) in [5.41, 5.74) is -0.719. The molecule has 0 fully saturated rings. The maximum atomic E-state index is 13.1. The van der Waals surface area contributed by atoms with Gasteiger partial charge in [-0.25, -0.2) is 14.4 Å². The van der Waals surface area contributed by atoms with Crippen LogP contribution in [0.4, 0.5) is 9.59 Å². The molecule has 1 aromatic carbocycles. The van der Waals surface area contributed by atoms with Crippen molar-refractivity contribution in [1.29, 1.82) is 0 Å². The van der Waals surface area contributed by atoms with Crippen molar-refractivity contribution >= 4 is 24.6 Å². The molecular formula is C32H55N3O9. The highest BCUT2D eigenvalue weighted by molar-refractivity contribution is 5.71. The van der Waals surface area contributed by atoms with E-state index in [4.69, 9.17) is 28.8 Å². The van der Waals surface area contributed by atoms with Crippen LogP contribution in [-0.4, -0.2) is 91.8 Å². The van der Waals surface area contributed by atoms with Gasteiger partial charge in [0.1, 0.15) is 23.3 Å². The molecule has 12 nitrogen and oxygen atoms in total. The third kappa shape index (κ3) is 23.1. The Balaban J connectivity index is 0.00000590. The van der Waals surface area contributed by atoms with Crippen LogP contribution in [0.2, 0.25) is 0 Å². The summed E-state index contributed by atoms with van der Waals surface area (Å²) in [6, 6.07) is 9.91. The van der Waals surface area contributed by atoms with E-state index in [1.54, 1.807) is 0 Å². The molecule has 0 heterocycles. The van der Waals surface area contributed by atoms with Crippen molar-refractivity contribution in [3.63, 3.8) is 0 Å². The second-order valence-electron chi connectivity index (χ2n) is 13.5. The zero-order valence-electron chi connectivity index (χ0n) is 28.2. The molecule has 0 unspecified atom stereocenters. The number of rotatable bonds is 15. The van der Waals surface area contributed by atoms with Crippen molar-refractivity contribution in [3.8, 4) is 0 Å².